The summed E-state index contributed by atoms with van der Waals surface area (Å²) in [6.45, 7) is 12.9. The van der Waals surface area contributed by atoms with Gasteiger partial charge in [0.15, 0.2) is 0 Å². The van der Waals surface area contributed by atoms with Crippen molar-refractivity contribution in [1.82, 2.24) is 0 Å². The number of ether oxygens (including phenoxy) is 3. The molecular formula is C32H60Cl2O10. The number of carbonyl (C=O) groups excluding carboxylic acids is 3. The van der Waals surface area contributed by atoms with E-state index in [1.165, 1.54) is 0 Å². The Balaban J connectivity index is -0.000000611. The van der Waals surface area contributed by atoms with Gasteiger partial charge in [-0.25, -0.2) is 0 Å². The lowest BCUT2D eigenvalue weighted by Gasteiger charge is -2.30. The molecule has 12 heteroatoms. The number of rotatable bonds is 23. The molecule has 1 atom stereocenters. The Morgan fingerprint density at radius 3 is 1.34 bits per heavy atom. The molecule has 3 N–H and O–H groups in total. The molecule has 0 saturated carbocycles. The summed E-state index contributed by atoms with van der Waals surface area (Å²) in [6.07, 6.45) is 6.42. The van der Waals surface area contributed by atoms with Crippen LogP contribution in [0.4, 0.5) is 0 Å². The number of carboxylic acids is 1. The van der Waals surface area contributed by atoms with Gasteiger partial charge in [-0.15, -0.1) is 23.2 Å². The van der Waals surface area contributed by atoms with E-state index >= 15 is 0 Å². The number of alkyl halides is 2. The van der Waals surface area contributed by atoms with Crippen LogP contribution in [-0.4, -0.2) is 83.5 Å². The zero-order valence-electron chi connectivity index (χ0n) is 27.9. The van der Waals surface area contributed by atoms with Gasteiger partial charge >= 0.3 is 23.9 Å². The average molecular weight is 676 g/mol. The van der Waals surface area contributed by atoms with Crippen LogP contribution in [0.25, 0.3) is 0 Å². The van der Waals surface area contributed by atoms with E-state index in [4.69, 9.17) is 47.6 Å². The standard InChI is InChI=1S/C14H24Cl2O4.C10H18O4.C8H18O2/c15-9-3-5-11-19-13(17)7-1-2-8-14(18)20-12-6-4-10-16;1-8(2)7-14-10(13)6-4-3-5-9(11)12;1-6(2)7(10)8(3,4)5-9/h1-12H2;8H,3-7H2,1-2H3,(H,11,12);6-7,9-10H,5H2,1-4H3. The van der Waals surface area contributed by atoms with Crippen molar-refractivity contribution in [2.45, 2.75) is 125 Å². The molecule has 0 heterocycles. The summed E-state index contributed by atoms with van der Waals surface area (Å²) in [5, 5.41) is 26.7. The molecule has 0 amide bonds. The molecule has 0 radical (unpaired) electrons. The van der Waals surface area contributed by atoms with Crippen LogP contribution in [-0.2, 0) is 33.4 Å². The Bertz CT molecular complexity index is 704. The number of unbranched alkanes of at least 4 members (excludes halogenated alkanes) is 4. The van der Waals surface area contributed by atoms with E-state index in [0.717, 1.165) is 25.7 Å². The monoisotopic (exact) mass is 674 g/mol. The molecule has 0 aliphatic rings. The summed E-state index contributed by atoms with van der Waals surface area (Å²) in [6, 6.07) is 0. The molecule has 0 aromatic heterocycles. The highest BCUT2D eigenvalue weighted by Gasteiger charge is 2.29. The van der Waals surface area contributed by atoms with Crippen LogP contribution in [0.15, 0.2) is 0 Å². The van der Waals surface area contributed by atoms with E-state index in [-0.39, 0.29) is 42.3 Å². The maximum absolute atomic E-state index is 11.3. The zero-order chi connectivity index (χ0) is 34.4. The Labute approximate surface area is 275 Å². The van der Waals surface area contributed by atoms with Gasteiger partial charge in [-0.3, -0.25) is 19.2 Å². The third-order valence-electron chi connectivity index (χ3n) is 6.03. The molecule has 262 valence electrons. The number of carbonyl (C=O) groups is 4. The predicted octanol–water partition coefficient (Wildman–Crippen LogP) is 6.52. The molecule has 0 aliphatic heterocycles. The highest BCUT2D eigenvalue weighted by molar-refractivity contribution is 6.18. The average Bonchev–Trinajstić information content (AvgIpc) is 2.97. The number of aliphatic hydroxyl groups is 2. The van der Waals surface area contributed by atoms with Crippen molar-refractivity contribution in [2.24, 2.45) is 17.3 Å². The summed E-state index contributed by atoms with van der Waals surface area (Å²) in [5.74, 6) is 0.254. The maximum Gasteiger partial charge on any atom is 0.305 e. The summed E-state index contributed by atoms with van der Waals surface area (Å²) in [5.41, 5.74) is -0.367. The lowest BCUT2D eigenvalue weighted by molar-refractivity contribution is -0.146. The zero-order valence-corrected chi connectivity index (χ0v) is 29.4. The van der Waals surface area contributed by atoms with E-state index < -0.39 is 12.1 Å². The van der Waals surface area contributed by atoms with Crippen LogP contribution in [0.2, 0.25) is 0 Å². The number of hydrogen-bond acceptors (Lipinski definition) is 9. The Hall–Kier alpha value is -1.62. The minimum Gasteiger partial charge on any atom is -0.481 e. The minimum atomic E-state index is -0.819. The van der Waals surface area contributed by atoms with E-state index in [0.29, 0.717) is 82.4 Å². The van der Waals surface area contributed by atoms with Crippen molar-refractivity contribution in [1.29, 1.82) is 0 Å². The highest BCUT2D eigenvalue weighted by Crippen LogP contribution is 2.24. The number of aliphatic hydroxyl groups excluding tert-OH is 2. The molecule has 0 saturated heterocycles. The number of halogens is 2. The van der Waals surface area contributed by atoms with Crippen molar-refractivity contribution in [3.63, 3.8) is 0 Å². The topological polar surface area (TPSA) is 157 Å². The largest absolute Gasteiger partial charge is 0.481 e. The molecule has 0 aliphatic carbocycles. The Morgan fingerprint density at radius 1 is 0.659 bits per heavy atom. The lowest BCUT2D eigenvalue weighted by Crippen LogP contribution is -2.36. The quantitative estimate of drug-likeness (QED) is 0.0471. The van der Waals surface area contributed by atoms with Crippen LogP contribution < -0.4 is 0 Å². The summed E-state index contributed by atoms with van der Waals surface area (Å²) in [7, 11) is 0. The molecule has 0 aromatic rings. The third-order valence-corrected chi connectivity index (χ3v) is 6.57. The smallest absolute Gasteiger partial charge is 0.305 e. The van der Waals surface area contributed by atoms with Crippen molar-refractivity contribution >= 4 is 47.1 Å². The van der Waals surface area contributed by atoms with Crippen LogP contribution in [0.5, 0.6) is 0 Å². The van der Waals surface area contributed by atoms with Crippen molar-refractivity contribution < 1.29 is 48.7 Å². The second kappa shape index (κ2) is 31.4. The van der Waals surface area contributed by atoms with Gasteiger partial charge in [0.25, 0.3) is 0 Å². The van der Waals surface area contributed by atoms with Crippen molar-refractivity contribution in [3.05, 3.63) is 0 Å². The fourth-order valence-corrected chi connectivity index (χ4v) is 3.70. The van der Waals surface area contributed by atoms with E-state index in [9.17, 15) is 24.3 Å². The van der Waals surface area contributed by atoms with E-state index in [1.54, 1.807) is 0 Å². The van der Waals surface area contributed by atoms with Gasteiger partial charge in [0.05, 0.1) is 32.5 Å². The van der Waals surface area contributed by atoms with Gasteiger partial charge < -0.3 is 29.5 Å². The van der Waals surface area contributed by atoms with Gasteiger partial charge in [0.1, 0.15) is 0 Å². The van der Waals surface area contributed by atoms with E-state index in [2.05, 4.69) is 0 Å². The molecule has 10 nitrogen and oxygen atoms in total. The van der Waals surface area contributed by atoms with Gasteiger partial charge in [-0.2, -0.15) is 0 Å². The fraction of sp³-hybridized carbons (Fsp3) is 0.875. The van der Waals surface area contributed by atoms with Crippen LogP contribution in [0.3, 0.4) is 0 Å². The molecule has 0 rings (SSSR count). The Morgan fingerprint density at radius 2 is 1.05 bits per heavy atom. The predicted molar refractivity (Wildman–Crippen MR) is 174 cm³/mol. The van der Waals surface area contributed by atoms with Crippen LogP contribution in [0.1, 0.15) is 119 Å². The SMILES string of the molecule is CC(C)C(O)C(C)(C)CO.CC(C)COC(=O)CCCCC(=O)O.O=C(CCCCC(=O)OCCCCCl)OCCCCCl. The van der Waals surface area contributed by atoms with Crippen LogP contribution >= 0.6 is 23.2 Å². The lowest BCUT2D eigenvalue weighted by atomic mass is 9.82. The first-order valence-corrected chi connectivity index (χ1v) is 16.8. The van der Waals surface area contributed by atoms with Crippen LogP contribution in [0, 0.1) is 17.3 Å². The summed E-state index contributed by atoms with van der Waals surface area (Å²) >= 11 is 11.0. The third kappa shape index (κ3) is 34.9. The van der Waals surface area contributed by atoms with Gasteiger partial charge in [0.2, 0.25) is 0 Å². The number of esters is 3. The molecule has 1 unspecified atom stereocenters. The normalized spacial score (nSPS) is 11.5. The molecular weight excluding hydrogens is 615 g/mol. The highest BCUT2D eigenvalue weighted by atomic mass is 35.5. The maximum atomic E-state index is 11.3. The first-order chi connectivity index (χ1) is 20.6. The van der Waals surface area contributed by atoms with Gasteiger partial charge in [0, 0.05) is 42.9 Å². The molecule has 0 aromatic carbocycles. The minimum absolute atomic E-state index is 0.0341. The second-order valence-corrected chi connectivity index (χ2v) is 12.7. The molecule has 0 bridgehead atoms. The Kier molecular flexibility index (Phi) is 33.4. The van der Waals surface area contributed by atoms with Gasteiger partial charge in [-0.1, -0.05) is 41.5 Å². The van der Waals surface area contributed by atoms with E-state index in [1.807, 2.05) is 41.5 Å². The number of carboxylic acid groups (broad SMARTS) is 1. The molecule has 44 heavy (non-hydrogen) atoms. The number of hydrogen-bond donors (Lipinski definition) is 3. The second-order valence-electron chi connectivity index (χ2n) is 12.0. The first kappa shape index (κ1) is 46.8. The summed E-state index contributed by atoms with van der Waals surface area (Å²) < 4.78 is 15.0. The summed E-state index contributed by atoms with van der Waals surface area (Å²) in [4.78, 5) is 43.8. The fourth-order valence-electron chi connectivity index (χ4n) is 3.32. The van der Waals surface area contributed by atoms with Crippen molar-refractivity contribution in [2.75, 3.05) is 38.2 Å². The molecule has 0 fully saturated rings. The number of aliphatic carboxylic acids is 1. The first-order valence-electron chi connectivity index (χ1n) is 15.7. The van der Waals surface area contributed by atoms with Gasteiger partial charge in [-0.05, 0) is 63.2 Å². The van der Waals surface area contributed by atoms with Crippen molar-refractivity contribution in [3.8, 4) is 0 Å². The molecule has 0 spiro atoms.